The number of aliphatic imine (C=N–C) groups is 1. The zero-order valence-corrected chi connectivity index (χ0v) is 21.9. The number of aliphatic carboxylic acids is 1. The molecule has 0 aromatic heterocycles. The summed E-state index contributed by atoms with van der Waals surface area (Å²) in [5.41, 5.74) is 17.0. The fourth-order valence-electron chi connectivity index (χ4n) is 3.23. The standard InChI is InChI=1S/C23H37N7O7S/c1-38-10-8-15(24)19(33)30-18(12-31)21(35)28-16(3-2-9-27-23(25)26)20(34)29-17(22(36)37)11-13-4-6-14(32)7-5-13/h4-7,15-18,31-32H,2-3,8-12,24H2,1H3,(H,28,35)(H,29,34)(H,30,33)(H,36,37)(H4,25,26,27). The number of carbonyl (C=O) groups is 4. The number of aromatic hydroxyl groups is 1. The number of nitrogens with zero attached hydrogens (tertiary/aromatic N) is 1. The van der Waals surface area contributed by atoms with Gasteiger partial charge >= 0.3 is 5.97 Å². The van der Waals surface area contributed by atoms with Crippen LogP contribution in [0.5, 0.6) is 5.75 Å². The Morgan fingerprint density at radius 1 is 0.947 bits per heavy atom. The van der Waals surface area contributed by atoms with E-state index >= 15 is 0 Å². The summed E-state index contributed by atoms with van der Waals surface area (Å²) in [7, 11) is 0. The maximum atomic E-state index is 13.0. The number of benzene rings is 1. The Labute approximate surface area is 224 Å². The summed E-state index contributed by atoms with van der Waals surface area (Å²) in [6.07, 6.45) is 2.41. The molecule has 0 spiro atoms. The fraction of sp³-hybridized carbons (Fsp3) is 0.522. The Hall–Kier alpha value is -3.56. The molecule has 4 unspecified atom stereocenters. The average molecular weight is 556 g/mol. The lowest BCUT2D eigenvalue weighted by Gasteiger charge is -2.24. The van der Waals surface area contributed by atoms with Crippen LogP contribution in [0, 0.1) is 0 Å². The van der Waals surface area contributed by atoms with Crippen molar-refractivity contribution in [3.8, 4) is 5.75 Å². The van der Waals surface area contributed by atoms with Crippen molar-refractivity contribution in [2.75, 3.05) is 25.2 Å². The molecule has 0 aliphatic carbocycles. The Morgan fingerprint density at radius 3 is 2.08 bits per heavy atom. The number of hydrogen-bond acceptors (Lipinski definition) is 9. The van der Waals surface area contributed by atoms with E-state index < -0.39 is 54.5 Å². The van der Waals surface area contributed by atoms with Crippen molar-refractivity contribution in [2.45, 2.75) is 49.9 Å². The Kier molecular flexibility index (Phi) is 14.6. The van der Waals surface area contributed by atoms with Crippen LogP contribution in [0.1, 0.15) is 24.8 Å². The number of rotatable bonds is 17. The molecule has 0 saturated heterocycles. The first kappa shape index (κ1) is 32.5. The van der Waals surface area contributed by atoms with Crippen molar-refractivity contribution in [1.82, 2.24) is 16.0 Å². The van der Waals surface area contributed by atoms with Gasteiger partial charge in [-0.15, -0.1) is 0 Å². The predicted molar refractivity (Wildman–Crippen MR) is 143 cm³/mol. The van der Waals surface area contributed by atoms with E-state index in [0.717, 1.165) is 0 Å². The molecule has 0 aliphatic heterocycles. The Balaban J connectivity index is 2.97. The molecule has 212 valence electrons. The summed E-state index contributed by atoms with van der Waals surface area (Å²) < 4.78 is 0. The van der Waals surface area contributed by atoms with Crippen molar-refractivity contribution in [3.63, 3.8) is 0 Å². The summed E-state index contributed by atoms with van der Waals surface area (Å²) in [5.74, 6) is -3.13. The van der Waals surface area contributed by atoms with Crippen molar-refractivity contribution in [1.29, 1.82) is 0 Å². The van der Waals surface area contributed by atoms with Gasteiger partial charge in [-0.3, -0.25) is 19.4 Å². The van der Waals surface area contributed by atoms with Crippen molar-refractivity contribution < 1.29 is 34.5 Å². The third kappa shape index (κ3) is 12.1. The van der Waals surface area contributed by atoms with E-state index in [9.17, 15) is 34.5 Å². The number of thioether (sulfide) groups is 1. The molecule has 0 radical (unpaired) electrons. The second kappa shape index (κ2) is 17.0. The van der Waals surface area contributed by atoms with Gasteiger partial charge in [0.05, 0.1) is 12.6 Å². The molecule has 1 aromatic rings. The van der Waals surface area contributed by atoms with Gasteiger partial charge in [-0.25, -0.2) is 4.79 Å². The van der Waals surface area contributed by atoms with Crippen LogP contribution in [0.15, 0.2) is 29.3 Å². The summed E-state index contributed by atoms with van der Waals surface area (Å²) >= 11 is 1.50. The van der Waals surface area contributed by atoms with E-state index in [0.29, 0.717) is 17.7 Å². The van der Waals surface area contributed by atoms with E-state index in [4.69, 9.17) is 17.2 Å². The lowest BCUT2D eigenvalue weighted by atomic mass is 10.0. The van der Waals surface area contributed by atoms with Crippen LogP contribution in [0.2, 0.25) is 0 Å². The quantitative estimate of drug-likeness (QED) is 0.0556. The largest absolute Gasteiger partial charge is 0.508 e. The van der Waals surface area contributed by atoms with E-state index in [1.165, 1.54) is 36.0 Å². The molecule has 38 heavy (non-hydrogen) atoms. The van der Waals surface area contributed by atoms with Crippen molar-refractivity contribution >= 4 is 41.4 Å². The Bertz CT molecular complexity index is 958. The van der Waals surface area contributed by atoms with Gasteiger partial charge in [-0.1, -0.05) is 12.1 Å². The number of carboxylic acid groups (broad SMARTS) is 1. The third-order valence-electron chi connectivity index (χ3n) is 5.35. The number of aliphatic hydroxyl groups is 1. The van der Waals surface area contributed by atoms with Crippen LogP contribution in [0.4, 0.5) is 0 Å². The molecule has 0 bridgehead atoms. The zero-order chi connectivity index (χ0) is 28.7. The molecule has 0 aliphatic rings. The minimum absolute atomic E-state index is 0.00366. The van der Waals surface area contributed by atoms with Gasteiger partial charge in [0.2, 0.25) is 17.7 Å². The normalized spacial score (nSPS) is 13.9. The predicted octanol–water partition coefficient (Wildman–Crippen LogP) is -2.40. The molecule has 4 atom stereocenters. The van der Waals surface area contributed by atoms with Gasteiger partial charge in [0.1, 0.15) is 23.9 Å². The number of nitrogens with two attached hydrogens (primary N) is 3. The van der Waals surface area contributed by atoms with Gasteiger partial charge in [-0.05, 0) is 49.0 Å². The van der Waals surface area contributed by atoms with Crippen LogP contribution >= 0.6 is 11.8 Å². The lowest BCUT2D eigenvalue weighted by molar-refractivity contribution is -0.142. The van der Waals surface area contributed by atoms with Gasteiger partial charge in [0, 0.05) is 13.0 Å². The highest BCUT2D eigenvalue weighted by atomic mass is 32.2. The topological polar surface area (TPSA) is 255 Å². The number of aliphatic hydroxyl groups excluding tert-OH is 1. The van der Waals surface area contributed by atoms with Crippen LogP contribution in [0.3, 0.4) is 0 Å². The summed E-state index contributed by atoms with van der Waals surface area (Å²) in [6.45, 7) is -0.615. The van der Waals surface area contributed by atoms with Crippen molar-refractivity contribution in [2.24, 2.45) is 22.2 Å². The molecule has 15 heteroatoms. The van der Waals surface area contributed by atoms with Gasteiger partial charge < -0.3 is 48.5 Å². The molecule has 12 N–H and O–H groups in total. The number of carboxylic acids is 1. The minimum Gasteiger partial charge on any atom is -0.508 e. The number of amides is 3. The number of nitrogens with one attached hydrogen (secondary N) is 3. The smallest absolute Gasteiger partial charge is 0.326 e. The molecule has 1 rings (SSSR count). The van der Waals surface area contributed by atoms with Crippen LogP contribution in [-0.2, 0) is 25.6 Å². The van der Waals surface area contributed by atoms with Gasteiger partial charge in [0.25, 0.3) is 0 Å². The second-order valence-electron chi connectivity index (χ2n) is 8.41. The van der Waals surface area contributed by atoms with Crippen molar-refractivity contribution in [3.05, 3.63) is 29.8 Å². The van der Waals surface area contributed by atoms with E-state index in [1.54, 1.807) is 0 Å². The fourth-order valence-corrected chi connectivity index (χ4v) is 3.72. The van der Waals surface area contributed by atoms with E-state index in [-0.39, 0.29) is 37.5 Å². The highest BCUT2D eigenvalue weighted by Crippen LogP contribution is 2.12. The van der Waals surface area contributed by atoms with Gasteiger partial charge in [0.15, 0.2) is 5.96 Å². The summed E-state index contributed by atoms with van der Waals surface area (Å²) in [5, 5.41) is 35.9. The van der Waals surface area contributed by atoms with E-state index in [2.05, 4.69) is 20.9 Å². The van der Waals surface area contributed by atoms with Crippen LogP contribution in [0.25, 0.3) is 0 Å². The number of hydrogen-bond donors (Lipinski definition) is 9. The van der Waals surface area contributed by atoms with E-state index in [1.807, 2.05) is 6.26 Å². The maximum Gasteiger partial charge on any atom is 0.326 e. The number of phenols is 1. The average Bonchev–Trinajstić information content (AvgIpc) is 2.87. The monoisotopic (exact) mass is 555 g/mol. The molecule has 3 amide bonds. The highest BCUT2D eigenvalue weighted by Gasteiger charge is 2.30. The summed E-state index contributed by atoms with van der Waals surface area (Å²) in [6, 6.07) is 0.969. The highest BCUT2D eigenvalue weighted by molar-refractivity contribution is 7.98. The lowest BCUT2D eigenvalue weighted by Crippen LogP contribution is -2.58. The molecule has 0 fully saturated rings. The molecular formula is C23H37N7O7S. The first-order valence-electron chi connectivity index (χ1n) is 11.8. The molecule has 14 nitrogen and oxygen atoms in total. The second-order valence-corrected chi connectivity index (χ2v) is 9.40. The summed E-state index contributed by atoms with van der Waals surface area (Å²) in [4.78, 5) is 53.8. The zero-order valence-electron chi connectivity index (χ0n) is 21.1. The van der Waals surface area contributed by atoms with Crippen LogP contribution < -0.4 is 33.2 Å². The molecule has 0 heterocycles. The molecule has 1 aromatic carbocycles. The maximum absolute atomic E-state index is 13.0. The molecular weight excluding hydrogens is 518 g/mol. The number of guanidine groups is 1. The molecule has 0 saturated carbocycles. The van der Waals surface area contributed by atoms with Gasteiger partial charge in [-0.2, -0.15) is 11.8 Å². The van der Waals surface area contributed by atoms with Crippen LogP contribution in [-0.4, -0.2) is 94.3 Å². The minimum atomic E-state index is -1.39. The number of carbonyl (C=O) groups excluding carboxylic acids is 3. The third-order valence-corrected chi connectivity index (χ3v) is 6.00. The number of phenolic OH excluding ortho intramolecular Hbond substituents is 1. The first-order chi connectivity index (χ1) is 18.0. The SMILES string of the molecule is CSCCC(N)C(=O)NC(CO)C(=O)NC(CCCN=C(N)N)C(=O)NC(Cc1ccc(O)cc1)C(=O)O. The first-order valence-corrected chi connectivity index (χ1v) is 13.2. The Morgan fingerprint density at radius 2 is 1.53 bits per heavy atom.